The van der Waals surface area contributed by atoms with Crippen LogP contribution in [0.25, 0.3) is 0 Å². The summed E-state index contributed by atoms with van der Waals surface area (Å²) in [7, 11) is 3.58. The van der Waals surface area contributed by atoms with Gasteiger partial charge >= 0.3 is 0 Å². The molecule has 17 heavy (non-hydrogen) atoms. The molecule has 0 heterocycles. The molecule has 2 nitrogen and oxygen atoms in total. The van der Waals surface area contributed by atoms with Crippen LogP contribution in [0.4, 0.5) is 0 Å². The molecule has 2 rings (SSSR count). The van der Waals surface area contributed by atoms with Gasteiger partial charge in [0, 0.05) is 19.7 Å². The summed E-state index contributed by atoms with van der Waals surface area (Å²) in [5, 5.41) is 0. The minimum absolute atomic E-state index is 0.0835. The van der Waals surface area contributed by atoms with Crippen molar-refractivity contribution in [2.75, 3.05) is 14.1 Å². The lowest BCUT2D eigenvalue weighted by atomic mass is 9.84. The molecule has 1 aliphatic rings. The van der Waals surface area contributed by atoms with Crippen LogP contribution >= 0.6 is 0 Å². The molecular weight excluding hydrogens is 210 g/mol. The number of hydrogen-bond donors (Lipinski definition) is 0. The number of carbonyl (C=O) groups excluding carboxylic acids is 1. The van der Waals surface area contributed by atoms with E-state index in [1.54, 1.807) is 19.0 Å². The van der Waals surface area contributed by atoms with Crippen LogP contribution in [0, 0.1) is 0 Å². The summed E-state index contributed by atoms with van der Waals surface area (Å²) in [5.41, 5.74) is 2.19. The van der Waals surface area contributed by atoms with Crippen molar-refractivity contribution in [1.29, 1.82) is 0 Å². The van der Waals surface area contributed by atoms with Gasteiger partial charge in [-0.25, -0.2) is 0 Å². The fourth-order valence-electron chi connectivity index (χ4n) is 2.59. The first kappa shape index (κ1) is 12.2. The van der Waals surface area contributed by atoms with Crippen LogP contribution in [-0.2, 0) is 0 Å². The molecule has 0 aromatic heterocycles. The topological polar surface area (TPSA) is 20.3 Å². The molecule has 1 aliphatic carbocycles. The highest BCUT2D eigenvalue weighted by molar-refractivity contribution is 5.93. The number of rotatable bonds is 2. The van der Waals surface area contributed by atoms with Crippen molar-refractivity contribution in [3.05, 3.63) is 35.4 Å². The van der Waals surface area contributed by atoms with Gasteiger partial charge in [-0.2, -0.15) is 0 Å². The van der Waals surface area contributed by atoms with Gasteiger partial charge in [0.25, 0.3) is 5.91 Å². The minimum atomic E-state index is 0.0835. The summed E-state index contributed by atoms with van der Waals surface area (Å²) in [4.78, 5) is 13.4. The Balaban J connectivity index is 2.09. The average molecular weight is 231 g/mol. The summed E-state index contributed by atoms with van der Waals surface area (Å²) < 4.78 is 0. The summed E-state index contributed by atoms with van der Waals surface area (Å²) in [6.45, 7) is 0. The number of amides is 1. The van der Waals surface area contributed by atoms with Gasteiger partial charge in [-0.3, -0.25) is 4.79 Å². The quantitative estimate of drug-likeness (QED) is 0.763. The monoisotopic (exact) mass is 231 g/mol. The molecule has 0 radical (unpaired) electrons. The van der Waals surface area contributed by atoms with E-state index in [1.807, 2.05) is 12.1 Å². The van der Waals surface area contributed by atoms with E-state index < -0.39 is 0 Å². The zero-order valence-electron chi connectivity index (χ0n) is 10.8. The summed E-state index contributed by atoms with van der Waals surface area (Å²) in [6.07, 6.45) is 6.70. The molecule has 0 spiro atoms. The van der Waals surface area contributed by atoms with Crippen LogP contribution in [0.3, 0.4) is 0 Å². The van der Waals surface area contributed by atoms with Crippen LogP contribution in [0.15, 0.2) is 24.3 Å². The highest BCUT2D eigenvalue weighted by atomic mass is 16.2. The van der Waals surface area contributed by atoms with Gasteiger partial charge < -0.3 is 4.90 Å². The van der Waals surface area contributed by atoms with Gasteiger partial charge in [-0.15, -0.1) is 0 Å². The Labute approximate surface area is 104 Å². The lowest BCUT2D eigenvalue weighted by molar-refractivity contribution is 0.0827. The van der Waals surface area contributed by atoms with E-state index in [4.69, 9.17) is 0 Å². The first-order valence-corrected chi connectivity index (χ1v) is 6.50. The maximum atomic E-state index is 11.8. The Hall–Kier alpha value is -1.31. The lowest BCUT2D eigenvalue weighted by Crippen LogP contribution is -2.21. The maximum Gasteiger partial charge on any atom is 0.253 e. The number of benzene rings is 1. The van der Waals surface area contributed by atoms with E-state index in [0.29, 0.717) is 5.92 Å². The van der Waals surface area contributed by atoms with Crippen molar-refractivity contribution in [3.63, 3.8) is 0 Å². The highest BCUT2D eigenvalue weighted by Gasteiger charge is 2.16. The molecule has 1 aromatic rings. The standard InChI is InChI=1S/C15H21NO/c1-16(2)15(17)14-10-8-13(9-11-14)12-6-4-3-5-7-12/h8-12H,3-7H2,1-2H3. The predicted octanol–water partition coefficient (Wildman–Crippen LogP) is 3.44. The largest absolute Gasteiger partial charge is 0.345 e. The van der Waals surface area contributed by atoms with Crippen LogP contribution in [-0.4, -0.2) is 24.9 Å². The third-order valence-corrected chi connectivity index (χ3v) is 3.64. The average Bonchev–Trinajstić information content (AvgIpc) is 2.39. The Bertz CT molecular complexity index is 374. The molecular formula is C15H21NO. The SMILES string of the molecule is CN(C)C(=O)c1ccc(C2CCCCC2)cc1. The molecule has 1 saturated carbocycles. The number of nitrogens with zero attached hydrogens (tertiary/aromatic N) is 1. The zero-order chi connectivity index (χ0) is 12.3. The maximum absolute atomic E-state index is 11.8. The van der Waals surface area contributed by atoms with Gasteiger partial charge in [-0.05, 0) is 36.5 Å². The molecule has 0 saturated heterocycles. The van der Waals surface area contributed by atoms with E-state index >= 15 is 0 Å². The van der Waals surface area contributed by atoms with Gasteiger partial charge in [0.05, 0.1) is 0 Å². The molecule has 0 atom stereocenters. The predicted molar refractivity (Wildman–Crippen MR) is 70.3 cm³/mol. The van der Waals surface area contributed by atoms with Crippen LogP contribution in [0.1, 0.15) is 53.9 Å². The molecule has 0 N–H and O–H groups in total. The Morgan fingerprint density at radius 2 is 1.65 bits per heavy atom. The molecule has 0 aliphatic heterocycles. The molecule has 1 aromatic carbocycles. The Morgan fingerprint density at radius 1 is 1.06 bits per heavy atom. The van der Waals surface area contributed by atoms with Crippen molar-refractivity contribution in [3.8, 4) is 0 Å². The fourth-order valence-corrected chi connectivity index (χ4v) is 2.59. The summed E-state index contributed by atoms with van der Waals surface area (Å²) in [6, 6.07) is 8.19. The van der Waals surface area contributed by atoms with Crippen molar-refractivity contribution in [1.82, 2.24) is 4.90 Å². The summed E-state index contributed by atoms with van der Waals surface area (Å²) in [5.74, 6) is 0.799. The van der Waals surface area contributed by atoms with Crippen LogP contribution in [0.2, 0.25) is 0 Å². The smallest absolute Gasteiger partial charge is 0.253 e. The Kier molecular flexibility index (Phi) is 3.82. The van der Waals surface area contributed by atoms with Crippen molar-refractivity contribution in [2.24, 2.45) is 0 Å². The lowest BCUT2D eigenvalue weighted by Gasteiger charge is -2.22. The second-order valence-electron chi connectivity index (χ2n) is 5.16. The van der Waals surface area contributed by atoms with Crippen molar-refractivity contribution >= 4 is 5.91 Å². The van der Waals surface area contributed by atoms with Gasteiger partial charge in [0.1, 0.15) is 0 Å². The first-order chi connectivity index (χ1) is 8.18. The first-order valence-electron chi connectivity index (χ1n) is 6.50. The molecule has 92 valence electrons. The van der Waals surface area contributed by atoms with E-state index in [1.165, 1.54) is 37.7 Å². The van der Waals surface area contributed by atoms with E-state index in [9.17, 15) is 4.79 Å². The third kappa shape index (κ3) is 2.87. The molecule has 1 amide bonds. The van der Waals surface area contributed by atoms with Crippen molar-refractivity contribution in [2.45, 2.75) is 38.0 Å². The molecule has 1 fully saturated rings. The van der Waals surface area contributed by atoms with E-state index in [-0.39, 0.29) is 5.91 Å². The second-order valence-corrected chi connectivity index (χ2v) is 5.16. The van der Waals surface area contributed by atoms with Gasteiger partial charge in [-0.1, -0.05) is 31.4 Å². The second kappa shape index (κ2) is 5.35. The number of carbonyl (C=O) groups is 1. The number of hydrogen-bond acceptors (Lipinski definition) is 1. The Morgan fingerprint density at radius 3 is 2.18 bits per heavy atom. The van der Waals surface area contributed by atoms with E-state index in [2.05, 4.69) is 12.1 Å². The van der Waals surface area contributed by atoms with Crippen LogP contribution in [0.5, 0.6) is 0 Å². The third-order valence-electron chi connectivity index (χ3n) is 3.64. The molecule has 2 heteroatoms. The minimum Gasteiger partial charge on any atom is -0.345 e. The van der Waals surface area contributed by atoms with Gasteiger partial charge in [0.2, 0.25) is 0 Å². The summed E-state index contributed by atoms with van der Waals surface area (Å²) >= 11 is 0. The zero-order valence-corrected chi connectivity index (χ0v) is 10.8. The molecule has 0 unspecified atom stereocenters. The van der Waals surface area contributed by atoms with Crippen molar-refractivity contribution < 1.29 is 4.79 Å². The highest BCUT2D eigenvalue weighted by Crippen LogP contribution is 2.32. The molecule has 0 bridgehead atoms. The van der Waals surface area contributed by atoms with Gasteiger partial charge in [0.15, 0.2) is 0 Å². The fraction of sp³-hybridized carbons (Fsp3) is 0.533. The van der Waals surface area contributed by atoms with Crippen LogP contribution < -0.4 is 0 Å². The normalized spacial score (nSPS) is 16.8. The van der Waals surface area contributed by atoms with E-state index in [0.717, 1.165) is 5.56 Å².